The van der Waals surface area contributed by atoms with Crippen molar-refractivity contribution in [2.45, 2.75) is 58.5 Å². The Kier molecular flexibility index (Phi) is 4.15. The second-order valence-electron chi connectivity index (χ2n) is 7.76. The minimum Gasteiger partial charge on any atom is -0.377 e. The molecule has 0 radical (unpaired) electrons. The summed E-state index contributed by atoms with van der Waals surface area (Å²) in [5.41, 5.74) is -0.892. The first-order chi connectivity index (χ1) is 10.3. The Morgan fingerprint density at radius 2 is 2.05 bits per heavy atom. The molecule has 3 atom stereocenters. The molecule has 126 valence electrons. The fourth-order valence-corrected chi connectivity index (χ4v) is 6.54. The molecule has 3 rings (SSSR count). The molecule has 0 aromatic heterocycles. The van der Waals surface area contributed by atoms with Crippen molar-refractivity contribution in [3.8, 4) is 0 Å². The van der Waals surface area contributed by atoms with Gasteiger partial charge in [0.1, 0.15) is 5.78 Å². The molecule has 3 unspecified atom stereocenters. The summed E-state index contributed by atoms with van der Waals surface area (Å²) < 4.78 is 33.3. The number of ketones is 1. The van der Waals surface area contributed by atoms with E-state index in [9.17, 15) is 13.2 Å². The minimum absolute atomic E-state index is 0.0235. The molecule has 2 bridgehead atoms. The summed E-state index contributed by atoms with van der Waals surface area (Å²) in [6.07, 6.45) is 5.25. The van der Waals surface area contributed by atoms with Crippen molar-refractivity contribution in [2.24, 2.45) is 16.7 Å². The molecule has 0 amide bonds. The van der Waals surface area contributed by atoms with Crippen molar-refractivity contribution in [1.82, 2.24) is 4.72 Å². The van der Waals surface area contributed by atoms with Crippen LogP contribution in [0.4, 0.5) is 0 Å². The lowest BCUT2D eigenvalue weighted by Crippen LogP contribution is -2.46. The average molecular weight is 329 g/mol. The van der Waals surface area contributed by atoms with E-state index in [1.165, 1.54) is 0 Å². The third-order valence-electron chi connectivity index (χ3n) is 6.38. The molecular formula is C16H27NO4S. The van der Waals surface area contributed by atoms with Crippen LogP contribution in [0.2, 0.25) is 0 Å². The molecule has 0 spiro atoms. The molecule has 1 heterocycles. The van der Waals surface area contributed by atoms with E-state index < -0.39 is 15.4 Å². The number of nitrogens with one attached hydrogen (secondary N) is 1. The zero-order chi connectivity index (χ0) is 16.0. The van der Waals surface area contributed by atoms with Crippen LogP contribution >= 0.6 is 0 Å². The van der Waals surface area contributed by atoms with E-state index in [1.807, 2.05) is 0 Å². The van der Waals surface area contributed by atoms with Crippen LogP contribution in [0, 0.1) is 16.7 Å². The highest BCUT2D eigenvalue weighted by molar-refractivity contribution is 7.89. The van der Waals surface area contributed by atoms with Gasteiger partial charge in [0.15, 0.2) is 0 Å². The van der Waals surface area contributed by atoms with Gasteiger partial charge in [0, 0.05) is 25.0 Å². The molecule has 0 aromatic carbocycles. The van der Waals surface area contributed by atoms with Crippen molar-refractivity contribution >= 4 is 15.8 Å². The monoisotopic (exact) mass is 329 g/mol. The number of rotatable bonds is 5. The SMILES string of the molecule is CC1(C)C2CCC1(CS(=O)(=O)NCC1CCCCO1)C(=O)C2. The molecule has 3 aliphatic rings. The van der Waals surface area contributed by atoms with Crippen LogP contribution in [0.3, 0.4) is 0 Å². The van der Waals surface area contributed by atoms with Gasteiger partial charge in [-0.3, -0.25) is 4.79 Å². The van der Waals surface area contributed by atoms with Crippen LogP contribution in [0.25, 0.3) is 0 Å². The second-order valence-corrected chi connectivity index (χ2v) is 9.57. The summed E-state index contributed by atoms with van der Waals surface area (Å²) in [4.78, 5) is 12.4. The van der Waals surface area contributed by atoms with E-state index in [-0.39, 0.29) is 23.1 Å². The van der Waals surface area contributed by atoms with E-state index in [2.05, 4.69) is 18.6 Å². The van der Waals surface area contributed by atoms with E-state index >= 15 is 0 Å². The minimum atomic E-state index is -3.46. The number of carbonyl (C=O) groups excluding carboxylic acids is 1. The van der Waals surface area contributed by atoms with Gasteiger partial charge in [-0.2, -0.15) is 0 Å². The fraction of sp³-hybridized carbons (Fsp3) is 0.938. The molecular weight excluding hydrogens is 302 g/mol. The van der Waals surface area contributed by atoms with Crippen molar-refractivity contribution in [3.63, 3.8) is 0 Å². The quantitative estimate of drug-likeness (QED) is 0.836. The van der Waals surface area contributed by atoms with Gasteiger partial charge in [0.2, 0.25) is 10.0 Å². The van der Waals surface area contributed by atoms with Gasteiger partial charge in [-0.15, -0.1) is 0 Å². The third-order valence-corrected chi connectivity index (χ3v) is 7.86. The number of sulfonamides is 1. The molecule has 1 saturated heterocycles. The molecule has 5 nitrogen and oxygen atoms in total. The summed E-state index contributed by atoms with van der Waals surface area (Å²) in [6, 6.07) is 0. The number of fused-ring (bicyclic) bond motifs is 2. The van der Waals surface area contributed by atoms with Gasteiger partial charge in [-0.25, -0.2) is 13.1 Å². The standard InChI is InChI=1S/C16H27NO4S/c1-15(2)12-6-7-16(15,14(18)9-12)11-22(19,20)17-10-13-5-3-4-8-21-13/h12-13,17H,3-11H2,1-2H3. The highest BCUT2D eigenvalue weighted by Crippen LogP contribution is 2.64. The smallest absolute Gasteiger partial charge is 0.212 e. The Morgan fingerprint density at radius 1 is 1.27 bits per heavy atom. The number of hydrogen-bond acceptors (Lipinski definition) is 4. The maximum Gasteiger partial charge on any atom is 0.212 e. The first kappa shape index (κ1) is 16.4. The summed E-state index contributed by atoms with van der Waals surface area (Å²) in [5, 5.41) is 0. The Hall–Kier alpha value is -0.460. The van der Waals surface area contributed by atoms with Crippen molar-refractivity contribution in [1.29, 1.82) is 0 Å². The summed E-state index contributed by atoms with van der Waals surface area (Å²) in [7, 11) is -3.46. The van der Waals surface area contributed by atoms with Crippen molar-refractivity contribution in [3.05, 3.63) is 0 Å². The lowest BCUT2D eigenvalue weighted by Gasteiger charge is -2.36. The second kappa shape index (κ2) is 5.56. The fourth-order valence-electron chi connectivity index (χ4n) is 4.67. The summed E-state index contributed by atoms with van der Waals surface area (Å²) >= 11 is 0. The normalized spacial score (nSPS) is 37.6. The van der Waals surface area contributed by atoms with Crippen LogP contribution in [-0.4, -0.2) is 39.2 Å². The van der Waals surface area contributed by atoms with Gasteiger partial charge in [0.05, 0.1) is 11.9 Å². The van der Waals surface area contributed by atoms with Crippen LogP contribution in [0.15, 0.2) is 0 Å². The van der Waals surface area contributed by atoms with E-state index in [4.69, 9.17) is 4.74 Å². The van der Waals surface area contributed by atoms with Crippen LogP contribution in [-0.2, 0) is 19.6 Å². The van der Waals surface area contributed by atoms with Gasteiger partial charge >= 0.3 is 0 Å². The molecule has 2 saturated carbocycles. The molecule has 3 fully saturated rings. The molecule has 1 aliphatic heterocycles. The van der Waals surface area contributed by atoms with E-state index in [0.717, 1.165) is 25.7 Å². The lowest BCUT2D eigenvalue weighted by molar-refractivity contribution is -0.128. The van der Waals surface area contributed by atoms with Crippen molar-refractivity contribution in [2.75, 3.05) is 18.9 Å². The topological polar surface area (TPSA) is 72.5 Å². The molecule has 1 N–H and O–H groups in total. The number of carbonyl (C=O) groups is 1. The Bertz CT molecular complexity index is 550. The maximum atomic E-state index is 12.5. The maximum absolute atomic E-state index is 12.5. The molecule has 0 aromatic rings. The van der Waals surface area contributed by atoms with E-state index in [1.54, 1.807) is 0 Å². The summed E-state index contributed by atoms with van der Waals surface area (Å²) in [5.74, 6) is 0.430. The molecule has 22 heavy (non-hydrogen) atoms. The number of ether oxygens (including phenoxy) is 1. The highest BCUT2D eigenvalue weighted by atomic mass is 32.2. The Labute approximate surface area is 133 Å². The zero-order valence-electron chi connectivity index (χ0n) is 13.6. The Balaban J connectivity index is 1.67. The Morgan fingerprint density at radius 3 is 2.59 bits per heavy atom. The number of Topliss-reactive ketones (excluding diaryl/α,β-unsaturated/α-hetero) is 1. The summed E-state index contributed by atoms with van der Waals surface area (Å²) in [6.45, 7) is 5.17. The van der Waals surface area contributed by atoms with Crippen molar-refractivity contribution < 1.29 is 17.9 Å². The third kappa shape index (κ3) is 2.63. The van der Waals surface area contributed by atoms with Gasteiger partial charge in [-0.1, -0.05) is 13.8 Å². The first-order valence-electron chi connectivity index (χ1n) is 8.39. The highest BCUT2D eigenvalue weighted by Gasteiger charge is 2.65. The number of hydrogen-bond donors (Lipinski definition) is 1. The molecule has 6 heteroatoms. The lowest BCUT2D eigenvalue weighted by atomic mass is 9.70. The van der Waals surface area contributed by atoms with Gasteiger partial charge in [-0.05, 0) is 43.4 Å². The van der Waals surface area contributed by atoms with Crippen LogP contribution < -0.4 is 4.72 Å². The largest absolute Gasteiger partial charge is 0.377 e. The first-order valence-corrected chi connectivity index (χ1v) is 10.0. The molecule has 2 aliphatic carbocycles. The van der Waals surface area contributed by atoms with Gasteiger partial charge < -0.3 is 4.74 Å². The van der Waals surface area contributed by atoms with E-state index in [0.29, 0.717) is 31.9 Å². The zero-order valence-corrected chi connectivity index (χ0v) is 14.4. The van der Waals surface area contributed by atoms with Gasteiger partial charge in [0.25, 0.3) is 0 Å². The van der Waals surface area contributed by atoms with Crippen LogP contribution in [0.1, 0.15) is 52.4 Å². The predicted molar refractivity (Wildman–Crippen MR) is 83.9 cm³/mol. The van der Waals surface area contributed by atoms with Crippen LogP contribution in [0.5, 0.6) is 0 Å². The average Bonchev–Trinajstić information content (AvgIpc) is 2.80. The predicted octanol–water partition coefficient (Wildman–Crippen LogP) is 1.87.